The van der Waals surface area contributed by atoms with Crippen LogP contribution >= 0.6 is 23.4 Å². The van der Waals surface area contributed by atoms with Crippen molar-refractivity contribution in [2.75, 3.05) is 12.4 Å². The monoisotopic (exact) mass is 536 g/mol. The number of β-lactam (4-membered cyclic amide) rings is 1. The predicted octanol–water partition coefficient (Wildman–Crippen LogP) is 2.30. The van der Waals surface area contributed by atoms with Crippen molar-refractivity contribution in [2.45, 2.75) is 56.2 Å². The molecule has 3 atom stereocenters. The third kappa shape index (κ3) is 4.60. The van der Waals surface area contributed by atoms with E-state index in [0.717, 1.165) is 9.58 Å². The number of thioether (sulfide) groups is 1. The van der Waals surface area contributed by atoms with Crippen molar-refractivity contribution in [1.82, 2.24) is 20.0 Å². The normalized spacial score (nSPS) is 22.9. The average molecular weight is 537 g/mol. The lowest BCUT2D eigenvalue weighted by atomic mass is 10.0. The Labute approximate surface area is 205 Å². The Kier molecular flexibility index (Phi) is 6.55. The molecule has 0 radical (unpaired) electrons. The molecule has 0 unspecified atom stereocenters. The molecular formula is C20H20ClF3N4O6S. The summed E-state index contributed by atoms with van der Waals surface area (Å²) in [4.78, 5) is 49.6. The molecule has 1 aliphatic carbocycles. The predicted molar refractivity (Wildman–Crippen MR) is 115 cm³/mol. The Balaban J connectivity index is 1.52. The summed E-state index contributed by atoms with van der Waals surface area (Å²) in [5, 5.41) is 14.4. The van der Waals surface area contributed by atoms with Crippen molar-refractivity contribution in [1.29, 1.82) is 0 Å². The molecule has 1 saturated carbocycles. The quantitative estimate of drug-likeness (QED) is 0.401. The van der Waals surface area contributed by atoms with E-state index in [1.54, 1.807) is 0 Å². The molecule has 1 aromatic rings. The standard InChI is InChI=1S/C20H20ClF3N4O6S/c1-7(28-13(9-3-4-9)11(21)15(26-28)20(22,23)24)16(30)25-12-17(31)27-14(19(32)33)10(5-34-8(2)29)6-35-18(12)27/h7,9,12,18H,3-6H2,1-2H3,(H,25,30)(H,32,33)/t7-,12-,18+/m0/s1. The van der Waals surface area contributed by atoms with Crippen LogP contribution in [0.15, 0.2) is 11.3 Å². The molecule has 1 aromatic heterocycles. The molecule has 35 heavy (non-hydrogen) atoms. The largest absolute Gasteiger partial charge is 0.477 e. The summed E-state index contributed by atoms with van der Waals surface area (Å²) in [6, 6.07) is -2.29. The van der Waals surface area contributed by atoms with Gasteiger partial charge in [-0.25, -0.2) is 4.79 Å². The Hall–Kier alpha value is -2.74. The third-order valence-electron chi connectivity index (χ3n) is 5.86. The molecule has 2 amide bonds. The number of hydrogen-bond acceptors (Lipinski definition) is 7. The van der Waals surface area contributed by atoms with Crippen LogP contribution in [0.3, 0.4) is 0 Å². The van der Waals surface area contributed by atoms with E-state index in [1.165, 1.54) is 25.6 Å². The molecule has 10 nitrogen and oxygen atoms in total. The number of carboxylic acid groups (broad SMARTS) is 1. The zero-order valence-electron chi connectivity index (χ0n) is 18.4. The second-order valence-corrected chi connectivity index (χ2v) is 9.86. The molecule has 0 bridgehead atoms. The number of aromatic nitrogens is 2. The van der Waals surface area contributed by atoms with Gasteiger partial charge >= 0.3 is 18.1 Å². The third-order valence-corrected chi connectivity index (χ3v) is 7.58. The molecule has 190 valence electrons. The number of hydrogen-bond donors (Lipinski definition) is 2. The van der Waals surface area contributed by atoms with Gasteiger partial charge in [-0.2, -0.15) is 18.3 Å². The number of carboxylic acids is 1. The van der Waals surface area contributed by atoms with Gasteiger partial charge in [-0.05, 0) is 19.8 Å². The van der Waals surface area contributed by atoms with Gasteiger partial charge in [0.1, 0.15) is 29.8 Å². The van der Waals surface area contributed by atoms with Crippen molar-refractivity contribution < 1.29 is 42.2 Å². The van der Waals surface area contributed by atoms with Crippen LogP contribution in [-0.2, 0) is 30.1 Å². The summed E-state index contributed by atoms with van der Waals surface area (Å²) in [7, 11) is 0. The Morgan fingerprint density at radius 2 is 2.00 bits per heavy atom. The summed E-state index contributed by atoms with van der Waals surface area (Å²) in [5.74, 6) is -3.55. The first-order valence-corrected chi connectivity index (χ1v) is 11.9. The van der Waals surface area contributed by atoms with Gasteiger partial charge in [0.15, 0.2) is 5.69 Å². The lowest BCUT2D eigenvalue weighted by Gasteiger charge is -2.49. The number of nitrogens with zero attached hydrogens (tertiary/aromatic N) is 3. The van der Waals surface area contributed by atoms with E-state index in [-0.39, 0.29) is 35.2 Å². The molecule has 2 fully saturated rings. The SMILES string of the molecule is CC(=O)OCC1=C(C(=O)O)N2C(=O)[C@H](NC(=O)[C@H](C)n3nc(C(F)(F)F)c(Cl)c3C3CC3)[C@H]2SC1. The second-order valence-electron chi connectivity index (χ2n) is 8.37. The maximum atomic E-state index is 13.3. The molecule has 1 saturated heterocycles. The van der Waals surface area contributed by atoms with Gasteiger partial charge in [0.05, 0.1) is 10.7 Å². The summed E-state index contributed by atoms with van der Waals surface area (Å²) in [6.45, 7) is 2.22. The van der Waals surface area contributed by atoms with Gasteiger partial charge < -0.3 is 15.2 Å². The van der Waals surface area contributed by atoms with E-state index in [0.29, 0.717) is 12.8 Å². The van der Waals surface area contributed by atoms with E-state index >= 15 is 0 Å². The number of carbonyl (C=O) groups is 4. The number of ether oxygens (including phenoxy) is 1. The van der Waals surface area contributed by atoms with Crippen molar-refractivity contribution >= 4 is 47.1 Å². The highest BCUT2D eigenvalue weighted by Gasteiger charge is 2.54. The smallest absolute Gasteiger partial charge is 0.436 e. The first-order valence-electron chi connectivity index (χ1n) is 10.5. The highest BCUT2D eigenvalue weighted by atomic mass is 35.5. The van der Waals surface area contributed by atoms with Crippen molar-refractivity contribution in [3.8, 4) is 0 Å². The summed E-state index contributed by atoms with van der Waals surface area (Å²) >= 11 is 7.14. The van der Waals surface area contributed by atoms with Crippen LogP contribution in [0.25, 0.3) is 0 Å². The number of carbonyl (C=O) groups excluding carboxylic acids is 3. The fourth-order valence-corrected chi connectivity index (χ4v) is 5.71. The molecule has 0 aromatic carbocycles. The van der Waals surface area contributed by atoms with Crippen LogP contribution in [0, 0.1) is 0 Å². The van der Waals surface area contributed by atoms with Crippen LogP contribution in [0.2, 0.25) is 5.02 Å². The Bertz CT molecular complexity index is 1150. The zero-order chi connectivity index (χ0) is 25.8. The van der Waals surface area contributed by atoms with Gasteiger partial charge in [0, 0.05) is 24.2 Å². The first-order chi connectivity index (χ1) is 16.3. The number of amides is 2. The number of rotatable bonds is 7. The van der Waals surface area contributed by atoms with E-state index in [9.17, 15) is 37.5 Å². The van der Waals surface area contributed by atoms with E-state index in [2.05, 4.69) is 10.4 Å². The molecule has 2 aliphatic heterocycles. The summed E-state index contributed by atoms with van der Waals surface area (Å²) in [5.41, 5.74) is -1.23. The minimum absolute atomic E-state index is 0.126. The number of fused-ring (bicyclic) bond motifs is 1. The molecule has 4 rings (SSSR count). The topological polar surface area (TPSA) is 131 Å². The number of alkyl halides is 3. The van der Waals surface area contributed by atoms with Crippen molar-refractivity contribution in [2.24, 2.45) is 0 Å². The highest BCUT2D eigenvalue weighted by Crippen LogP contribution is 2.48. The molecule has 3 aliphatic rings. The lowest BCUT2D eigenvalue weighted by molar-refractivity contribution is -0.151. The minimum atomic E-state index is -4.80. The lowest BCUT2D eigenvalue weighted by Crippen LogP contribution is -2.71. The van der Waals surface area contributed by atoms with Crippen LogP contribution in [0.1, 0.15) is 50.0 Å². The molecule has 0 spiro atoms. The maximum absolute atomic E-state index is 13.3. The number of aliphatic carboxylic acids is 1. The Morgan fingerprint density at radius 3 is 2.54 bits per heavy atom. The van der Waals surface area contributed by atoms with E-state index in [4.69, 9.17) is 16.3 Å². The maximum Gasteiger partial charge on any atom is 0.436 e. The van der Waals surface area contributed by atoms with Crippen LogP contribution in [-0.4, -0.2) is 67.3 Å². The minimum Gasteiger partial charge on any atom is -0.477 e. The molecule has 2 N–H and O–H groups in total. The number of esters is 1. The molecular weight excluding hydrogens is 517 g/mol. The van der Waals surface area contributed by atoms with E-state index in [1.807, 2.05) is 0 Å². The van der Waals surface area contributed by atoms with Gasteiger partial charge in [0.2, 0.25) is 5.91 Å². The van der Waals surface area contributed by atoms with Gasteiger partial charge in [-0.15, -0.1) is 11.8 Å². The van der Waals surface area contributed by atoms with E-state index < -0.39 is 58.1 Å². The first kappa shape index (κ1) is 25.4. The van der Waals surface area contributed by atoms with Crippen LogP contribution in [0.4, 0.5) is 13.2 Å². The number of nitrogens with one attached hydrogen (secondary N) is 1. The van der Waals surface area contributed by atoms with Gasteiger partial charge in [-0.3, -0.25) is 24.0 Å². The summed E-state index contributed by atoms with van der Waals surface area (Å²) in [6.07, 6.45) is -3.56. The zero-order valence-corrected chi connectivity index (χ0v) is 20.0. The van der Waals surface area contributed by atoms with Crippen LogP contribution < -0.4 is 5.32 Å². The van der Waals surface area contributed by atoms with Crippen LogP contribution in [0.5, 0.6) is 0 Å². The van der Waals surface area contributed by atoms with Gasteiger partial charge in [-0.1, -0.05) is 11.6 Å². The fraction of sp³-hybridized carbons (Fsp3) is 0.550. The number of halogens is 4. The Morgan fingerprint density at radius 1 is 1.34 bits per heavy atom. The molecule has 15 heteroatoms. The highest BCUT2D eigenvalue weighted by molar-refractivity contribution is 8.00. The van der Waals surface area contributed by atoms with Crippen molar-refractivity contribution in [3.63, 3.8) is 0 Å². The average Bonchev–Trinajstić information content (AvgIpc) is 3.54. The van der Waals surface area contributed by atoms with Gasteiger partial charge in [0.25, 0.3) is 5.91 Å². The second kappa shape index (κ2) is 9.04. The fourth-order valence-electron chi connectivity index (χ4n) is 3.99. The van der Waals surface area contributed by atoms with Crippen molar-refractivity contribution in [3.05, 3.63) is 27.7 Å². The molecule has 3 heterocycles. The summed E-state index contributed by atoms with van der Waals surface area (Å²) < 4.78 is 45.8.